The van der Waals surface area contributed by atoms with Gasteiger partial charge < -0.3 is 10.7 Å². The number of hydrogen-bond acceptors (Lipinski definition) is 3. The number of hydrogen-bond donors (Lipinski definition) is 2. The van der Waals surface area contributed by atoms with Gasteiger partial charge in [-0.25, -0.2) is 0 Å². The van der Waals surface area contributed by atoms with Crippen LogP contribution in [0.15, 0.2) is 35.3 Å². The van der Waals surface area contributed by atoms with E-state index in [-0.39, 0.29) is 5.92 Å². The second-order valence-electron chi connectivity index (χ2n) is 3.70. The molecule has 3 nitrogen and oxygen atoms in total. The van der Waals surface area contributed by atoms with E-state index in [2.05, 4.69) is 10.3 Å². The third-order valence-electron chi connectivity index (χ3n) is 2.54. The fourth-order valence-corrected chi connectivity index (χ4v) is 1.62. The van der Waals surface area contributed by atoms with Gasteiger partial charge in [-0.1, -0.05) is 18.2 Å². The highest BCUT2D eigenvalue weighted by Gasteiger charge is 2.15. The number of para-hydroxylation sites is 1. The predicted molar refractivity (Wildman–Crippen MR) is 63.3 cm³/mol. The van der Waals surface area contributed by atoms with E-state index in [0.29, 0.717) is 0 Å². The van der Waals surface area contributed by atoms with Crippen LogP contribution in [0.25, 0.3) is 0 Å². The van der Waals surface area contributed by atoms with E-state index >= 15 is 0 Å². The van der Waals surface area contributed by atoms with Crippen molar-refractivity contribution < 1.29 is 0 Å². The molecule has 2 rings (SSSR count). The maximum absolute atomic E-state index is 7.78. The van der Waals surface area contributed by atoms with E-state index in [1.807, 2.05) is 36.5 Å². The Labute approximate surface area is 89.7 Å². The van der Waals surface area contributed by atoms with Gasteiger partial charge in [0.1, 0.15) is 0 Å². The van der Waals surface area contributed by atoms with Crippen LogP contribution < -0.4 is 5.32 Å². The first-order chi connectivity index (χ1) is 7.36. The molecule has 0 bridgehead atoms. The topological polar surface area (TPSA) is 48.2 Å². The Kier molecular flexibility index (Phi) is 3.25. The molecule has 78 valence electrons. The molecule has 0 spiro atoms. The molecule has 0 radical (unpaired) electrons. The largest absolute Gasteiger partial charge is 0.315 e. The van der Waals surface area contributed by atoms with Crippen molar-refractivity contribution in [1.29, 1.82) is 5.41 Å². The van der Waals surface area contributed by atoms with Gasteiger partial charge in [-0.2, -0.15) is 0 Å². The summed E-state index contributed by atoms with van der Waals surface area (Å²) in [6.07, 6.45) is 2.72. The SMILES string of the molecule is N=C1CCNCC1C=Nc1ccccc1. The fraction of sp³-hybridized carbons (Fsp3) is 0.333. The Morgan fingerprint density at radius 2 is 2.13 bits per heavy atom. The molecule has 0 aromatic heterocycles. The summed E-state index contributed by atoms with van der Waals surface area (Å²) in [6, 6.07) is 9.85. The number of aliphatic imine (C=N–C) groups is 1. The molecule has 1 heterocycles. The number of benzene rings is 1. The van der Waals surface area contributed by atoms with Crippen molar-refractivity contribution in [3.63, 3.8) is 0 Å². The third-order valence-corrected chi connectivity index (χ3v) is 2.54. The fourth-order valence-electron chi connectivity index (χ4n) is 1.62. The van der Waals surface area contributed by atoms with Crippen LogP contribution >= 0.6 is 0 Å². The molecule has 0 saturated carbocycles. The maximum Gasteiger partial charge on any atom is 0.0625 e. The molecular formula is C12H15N3. The average Bonchev–Trinajstić information content (AvgIpc) is 2.29. The predicted octanol–water partition coefficient (Wildman–Crippen LogP) is 2.02. The van der Waals surface area contributed by atoms with Crippen LogP contribution in [-0.4, -0.2) is 25.0 Å². The highest BCUT2D eigenvalue weighted by molar-refractivity contribution is 5.98. The lowest BCUT2D eigenvalue weighted by atomic mass is 9.98. The van der Waals surface area contributed by atoms with E-state index < -0.39 is 0 Å². The van der Waals surface area contributed by atoms with Crippen molar-refractivity contribution >= 4 is 17.6 Å². The van der Waals surface area contributed by atoms with Crippen molar-refractivity contribution in [3.05, 3.63) is 30.3 Å². The molecule has 1 aromatic rings. The monoisotopic (exact) mass is 201 g/mol. The van der Waals surface area contributed by atoms with E-state index in [1.165, 1.54) is 0 Å². The standard InChI is InChI=1S/C12H15N3/c13-12-6-7-14-8-10(12)9-15-11-4-2-1-3-5-11/h1-5,9-10,13-14H,6-8H2. The first-order valence-electron chi connectivity index (χ1n) is 5.23. The number of nitrogens with one attached hydrogen (secondary N) is 2. The van der Waals surface area contributed by atoms with Crippen LogP contribution in [0.4, 0.5) is 5.69 Å². The van der Waals surface area contributed by atoms with Crippen LogP contribution in [0.3, 0.4) is 0 Å². The zero-order valence-corrected chi connectivity index (χ0v) is 8.61. The van der Waals surface area contributed by atoms with Gasteiger partial charge in [-0.05, 0) is 18.6 Å². The summed E-state index contributed by atoms with van der Waals surface area (Å²) >= 11 is 0. The lowest BCUT2D eigenvalue weighted by Crippen LogP contribution is -2.37. The summed E-state index contributed by atoms with van der Waals surface area (Å²) < 4.78 is 0. The maximum atomic E-state index is 7.78. The first kappa shape index (κ1) is 10.1. The van der Waals surface area contributed by atoms with Crippen molar-refractivity contribution in [2.24, 2.45) is 10.9 Å². The molecule has 3 heteroatoms. The number of nitrogens with zero attached hydrogens (tertiary/aromatic N) is 1. The molecule has 1 fully saturated rings. The summed E-state index contributed by atoms with van der Waals surface area (Å²) in [5.74, 6) is 0.166. The summed E-state index contributed by atoms with van der Waals surface area (Å²) in [7, 11) is 0. The Morgan fingerprint density at radius 1 is 1.33 bits per heavy atom. The minimum absolute atomic E-state index is 0.166. The summed E-state index contributed by atoms with van der Waals surface area (Å²) in [4.78, 5) is 4.37. The van der Waals surface area contributed by atoms with Crippen LogP contribution in [0.5, 0.6) is 0 Å². The van der Waals surface area contributed by atoms with E-state index in [1.54, 1.807) is 0 Å². The van der Waals surface area contributed by atoms with Crippen molar-refractivity contribution in [2.45, 2.75) is 6.42 Å². The van der Waals surface area contributed by atoms with Gasteiger partial charge in [0.25, 0.3) is 0 Å². The van der Waals surface area contributed by atoms with Crippen molar-refractivity contribution in [3.8, 4) is 0 Å². The molecule has 1 unspecified atom stereocenters. The molecule has 1 aromatic carbocycles. The molecule has 0 amide bonds. The van der Waals surface area contributed by atoms with E-state index in [9.17, 15) is 0 Å². The zero-order chi connectivity index (χ0) is 10.5. The Hall–Kier alpha value is -1.48. The highest BCUT2D eigenvalue weighted by Crippen LogP contribution is 2.11. The van der Waals surface area contributed by atoms with Crippen molar-refractivity contribution in [2.75, 3.05) is 13.1 Å². The van der Waals surface area contributed by atoms with Gasteiger partial charge in [-0.15, -0.1) is 0 Å². The lowest BCUT2D eigenvalue weighted by molar-refractivity contribution is 0.625. The van der Waals surface area contributed by atoms with Crippen LogP contribution in [-0.2, 0) is 0 Å². The Bertz CT molecular complexity index is 356. The molecule has 15 heavy (non-hydrogen) atoms. The first-order valence-corrected chi connectivity index (χ1v) is 5.23. The van der Waals surface area contributed by atoms with E-state index in [4.69, 9.17) is 5.41 Å². The normalized spacial score (nSPS) is 22.1. The minimum atomic E-state index is 0.166. The molecule has 2 N–H and O–H groups in total. The van der Waals surface area contributed by atoms with Gasteiger partial charge >= 0.3 is 0 Å². The smallest absolute Gasteiger partial charge is 0.0625 e. The molecule has 1 atom stereocenters. The highest BCUT2D eigenvalue weighted by atomic mass is 14.9. The second-order valence-corrected chi connectivity index (χ2v) is 3.70. The van der Waals surface area contributed by atoms with Gasteiger partial charge in [0, 0.05) is 30.9 Å². The van der Waals surface area contributed by atoms with Crippen LogP contribution in [0.1, 0.15) is 6.42 Å². The van der Waals surface area contributed by atoms with Gasteiger partial charge in [0.2, 0.25) is 0 Å². The molecule has 1 aliphatic heterocycles. The molecule has 0 aliphatic carbocycles. The molecular weight excluding hydrogens is 186 g/mol. The second kappa shape index (κ2) is 4.84. The van der Waals surface area contributed by atoms with Gasteiger partial charge in [0.05, 0.1) is 5.69 Å². The third kappa shape index (κ3) is 2.73. The summed E-state index contributed by atoms with van der Waals surface area (Å²) in [5.41, 5.74) is 1.74. The minimum Gasteiger partial charge on any atom is -0.315 e. The molecule has 1 saturated heterocycles. The van der Waals surface area contributed by atoms with Crippen LogP contribution in [0.2, 0.25) is 0 Å². The van der Waals surface area contributed by atoms with E-state index in [0.717, 1.165) is 30.9 Å². The number of rotatable bonds is 2. The number of piperidine rings is 1. The van der Waals surface area contributed by atoms with Gasteiger partial charge in [0.15, 0.2) is 0 Å². The Balaban J connectivity index is 2.01. The quantitative estimate of drug-likeness (QED) is 0.706. The Morgan fingerprint density at radius 3 is 2.87 bits per heavy atom. The van der Waals surface area contributed by atoms with Crippen LogP contribution in [0, 0.1) is 11.3 Å². The summed E-state index contributed by atoms with van der Waals surface area (Å²) in [6.45, 7) is 1.77. The zero-order valence-electron chi connectivity index (χ0n) is 8.61. The van der Waals surface area contributed by atoms with Crippen molar-refractivity contribution in [1.82, 2.24) is 5.32 Å². The molecule has 1 aliphatic rings. The van der Waals surface area contributed by atoms with Gasteiger partial charge in [-0.3, -0.25) is 4.99 Å². The summed E-state index contributed by atoms with van der Waals surface area (Å²) in [5, 5.41) is 11.0. The lowest BCUT2D eigenvalue weighted by Gasteiger charge is -2.20. The average molecular weight is 201 g/mol.